The summed E-state index contributed by atoms with van der Waals surface area (Å²) < 4.78 is 12.0. The van der Waals surface area contributed by atoms with E-state index in [1.54, 1.807) is 0 Å². The summed E-state index contributed by atoms with van der Waals surface area (Å²) in [5.74, 6) is 0. The summed E-state index contributed by atoms with van der Waals surface area (Å²) in [6, 6.07) is 12.1. The van der Waals surface area contributed by atoms with Gasteiger partial charge in [-0.05, 0) is 46.8 Å². The summed E-state index contributed by atoms with van der Waals surface area (Å²) in [4.78, 5) is 0. The van der Waals surface area contributed by atoms with Crippen molar-refractivity contribution in [3.05, 3.63) is 42.0 Å². The maximum atomic E-state index is 5.99. The predicted octanol–water partition coefficient (Wildman–Crippen LogP) is 2.75. The van der Waals surface area contributed by atoms with Crippen molar-refractivity contribution in [2.45, 2.75) is 45.8 Å². The topological polar surface area (TPSA) is 44.2 Å². The van der Waals surface area contributed by atoms with Gasteiger partial charge in [0.1, 0.15) is 0 Å². The molecule has 5 heteroatoms. The van der Waals surface area contributed by atoms with Gasteiger partial charge in [0.2, 0.25) is 0 Å². The highest BCUT2D eigenvalue weighted by Gasteiger charge is 2.52. The van der Waals surface area contributed by atoms with Gasteiger partial charge in [-0.1, -0.05) is 29.8 Å². The summed E-state index contributed by atoms with van der Waals surface area (Å²) in [6.07, 6.45) is 0. The molecule has 1 aromatic heterocycles. The molecule has 0 atom stereocenters. The molecule has 0 unspecified atom stereocenters. The molecule has 1 fully saturated rings. The second kappa shape index (κ2) is 5.18. The van der Waals surface area contributed by atoms with E-state index in [1.807, 2.05) is 52.0 Å². The van der Waals surface area contributed by atoms with E-state index in [-0.39, 0.29) is 11.2 Å². The van der Waals surface area contributed by atoms with E-state index < -0.39 is 7.12 Å². The van der Waals surface area contributed by atoms with E-state index in [0.29, 0.717) is 5.59 Å². The highest BCUT2D eigenvalue weighted by Crippen LogP contribution is 2.36. The standard InChI is InChI=1S/C17H21BN2O2/c1-12-6-8-13(9-7-12)14-10-11-15(20-19-14)18-21-16(2,3)17(4,5)22-18/h6-11H,1-5H3. The van der Waals surface area contributed by atoms with Crippen molar-refractivity contribution < 1.29 is 9.31 Å². The van der Waals surface area contributed by atoms with E-state index in [0.717, 1.165) is 11.3 Å². The summed E-state index contributed by atoms with van der Waals surface area (Å²) in [7, 11) is -0.468. The Labute approximate surface area is 132 Å². The summed E-state index contributed by atoms with van der Waals surface area (Å²) in [5.41, 5.74) is 3.10. The second-order valence-corrected chi connectivity index (χ2v) is 6.80. The molecule has 1 aromatic carbocycles. The van der Waals surface area contributed by atoms with Crippen molar-refractivity contribution in [2.75, 3.05) is 0 Å². The first-order valence-electron chi connectivity index (χ1n) is 7.55. The molecule has 2 aromatic rings. The highest BCUT2D eigenvalue weighted by atomic mass is 16.7. The molecule has 0 N–H and O–H groups in total. The Bertz CT molecular complexity index is 650. The third kappa shape index (κ3) is 2.66. The average molecular weight is 296 g/mol. The van der Waals surface area contributed by atoms with Crippen LogP contribution in [-0.4, -0.2) is 28.5 Å². The fraction of sp³-hybridized carbons (Fsp3) is 0.412. The van der Waals surface area contributed by atoms with E-state index >= 15 is 0 Å². The van der Waals surface area contributed by atoms with Crippen molar-refractivity contribution >= 4 is 12.7 Å². The van der Waals surface area contributed by atoms with Crippen LogP contribution in [0.1, 0.15) is 33.3 Å². The van der Waals surface area contributed by atoms with Gasteiger partial charge in [0.05, 0.1) is 22.5 Å². The monoisotopic (exact) mass is 296 g/mol. The number of aromatic nitrogens is 2. The maximum Gasteiger partial charge on any atom is 0.516 e. The maximum absolute atomic E-state index is 5.99. The van der Waals surface area contributed by atoms with Crippen molar-refractivity contribution in [1.29, 1.82) is 0 Å². The van der Waals surface area contributed by atoms with Crippen LogP contribution in [0.5, 0.6) is 0 Å². The van der Waals surface area contributed by atoms with Gasteiger partial charge in [-0.25, -0.2) is 0 Å². The molecule has 0 amide bonds. The molecular weight excluding hydrogens is 275 g/mol. The molecule has 3 rings (SSSR count). The third-order valence-corrected chi connectivity index (χ3v) is 4.53. The van der Waals surface area contributed by atoms with Gasteiger partial charge < -0.3 is 9.31 Å². The Balaban J connectivity index is 1.82. The lowest BCUT2D eigenvalue weighted by Crippen LogP contribution is -2.41. The minimum absolute atomic E-state index is 0.366. The highest BCUT2D eigenvalue weighted by molar-refractivity contribution is 6.61. The first kappa shape index (κ1) is 15.2. The van der Waals surface area contributed by atoms with Crippen LogP contribution < -0.4 is 5.59 Å². The first-order valence-corrected chi connectivity index (χ1v) is 7.55. The minimum Gasteiger partial charge on any atom is -0.398 e. The van der Waals surface area contributed by atoms with E-state index in [1.165, 1.54) is 5.56 Å². The Kier molecular flexibility index (Phi) is 3.58. The van der Waals surface area contributed by atoms with Crippen molar-refractivity contribution in [2.24, 2.45) is 0 Å². The molecule has 0 spiro atoms. The van der Waals surface area contributed by atoms with Crippen molar-refractivity contribution in [1.82, 2.24) is 10.2 Å². The smallest absolute Gasteiger partial charge is 0.398 e. The molecule has 114 valence electrons. The van der Waals surface area contributed by atoms with Gasteiger partial charge >= 0.3 is 7.12 Å². The number of aryl methyl sites for hydroxylation is 1. The lowest BCUT2D eigenvalue weighted by atomic mass is 9.84. The molecule has 0 radical (unpaired) electrons. The van der Waals surface area contributed by atoms with Gasteiger partial charge in [-0.3, -0.25) is 0 Å². The molecule has 22 heavy (non-hydrogen) atoms. The molecule has 0 bridgehead atoms. The molecule has 1 aliphatic rings. The third-order valence-electron chi connectivity index (χ3n) is 4.53. The lowest BCUT2D eigenvalue weighted by molar-refractivity contribution is 0.00578. The fourth-order valence-electron chi connectivity index (χ4n) is 2.31. The van der Waals surface area contributed by atoms with Crippen molar-refractivity contribution in [3.8, 4) is 11.3 Å². The molecule has 2 heterocycles. The largest absolute Gasteiger partial charge is 0.516 e. The zero-order valence-electron chi connectivity index (χ0n) is 13.8. The van der Waals surface area contributed by atoms with Crippen LogP contribution >= 0.6 is 0 Å². The van der Waals surface area contributed by atoms with Crippen LogP contribution in [0.25, 0.3) is 11.3 Å². The molecule has 0 saturated carbocycles. The number of nitrogens with zero attached hydrogens (tertiary/aromatic N) is 2. The zero-order valence-corrected chi connectivity index (χ0v) is 13.8. The zero-order chi connectivity index (χ0) is 16.0. The van der Waals surface area contributed by atoms with Gasteiger partial charge in [-0.2, -0.15) is 10.2 Å². The molecule has 4 nitrogen and oxygen atoms in total. The molecule has 1 saturated heterocycles. The Morgan fingerprint density at radius 2 is 1.41 bits per heavy atom. The lowest BCUT2D eigenvalue weighted by Gasteiger charge is -2.32. The van der Waals surface area contributed by atoms with Crippen molar-refractivity contribution in [3.63, 3.8) is 0 Å². The molecule has 0 aliphatic carbocycles. The second-order valence-electron chi connectivity index (χ2n) is 6.80. The SMILES string of the molecule is Cc1ccc(-c2ccc(B3OC(C)(C)C(C)(C)O3)nn2)cc1. The summed E-state index contributed by atoms with van der Waals surface area (Å²) in [5, 5.41) is 8.60. The van der Waals surface area contributed by atoms with Gasteiger partial charge in [0.15, 0.2) is 0 Å². The van der Waals surface area contributed by atoms with Gasteiger partial charge in [0.25, 0.3) is 0 Å². The number of benzene rings is 1. The number of hydrogen-bond acceptors (Lipinski definition) is 4. The van der Waals surface area contributed by atoms with Crippen LogP contribution in [0.15, 0.2) is 36.4 Å². The first-order chi connectivity index (χ1) is 10.3. The summed E-state index contributed by atoms with van der Waals surface area (Å²) in [6.45, 7) is 10.2. The number of hydrogen-bond donors (Lipinski definition) is 0. The Morgan fingerprint density at radius 3 is 1.91 bits per heavy atom. The summed E-state index contributed by atoms with van der Waals surface area (Å²) >= 11 is 0. The number of rotatable bonds is 2. The Hall–Kier alpha value is -1.72. The Morgan fingerprint density at radius 1 is 0.818 bits per heavy atom. The van der Waals surface area contributed by atoms with E-state index in [9.17, 15) is 0 Å². The normalized spacial score (nSPS) is 19.4. The minimum atomic E-state index is -0.468. The fourth-order valence-corrected chi connectivity index (χ4v) is 2.31. The average Bonchev–Trinajstić information content (AvgIpc) is 2.68. The van der Waals surface area contributed by atoms with Crippen LogP contribution in [-0.2, 0) is 9.31 Å². The predicted molar refractivity (Wildman–Crippen MR) is 87.9 cm³/mol. The van der Waals surface area contributed by atoms with Gasteiger partial charge in [-0.15, -0.1) is 0 Å². The molecule has 1 aliphatic heterocycles. The van der Waals surface area contributed by atoms with E-state index in [4.69, 9.17) is 9.31 Å². The van der Waals surface area contributed by atoms with Crippen LogP contribution in [0.2, 0.25) is 0 Å². The van der Waals surface area contributed by atoms with Crippen LogP contribution in [0.3, 0.4) is 0 Å². The van der Waals surface area contributed by atoms with E-state index in [2.05, 4.69) is 29.3 Å². The van der Waals surface area contributed by atoms with Crippen LogP contribution in [0, 0.1) is 6.92 Å². The van der Waals surface area contributed by atoms with Crippen LogP contribution in [0.4, 0.5) is 0 Å². The molecular formula is C17H21BN2O2. The van der Waals surface area contributed by atoms with Gasteiger partial charge in [0, 0.05) is 5.56 Å². The quantitative estimate of drug-likeness (QED) is 0.799.